The van der Waals surface area contributed by atoms with Crippen LogP contribution in [0.1, 0.15) is 12.5 Å². The molecule has 0 unspecified atom stereocenters. The SMILES string of the molecule is COC[C@@H](C)Nc1nn(Cc2ccc(OC)cc2)c2nccc(Oc3ccc(N)nc3)c12. The summed E-state index contributed by atoms with van der Waals surface area (Å²) in [5, 5.41) is 9.00. The minimum atomic E-state index is 0.0405. The number of nitrogens with two attached hydrogens (primary N) is 1. The molecule has 166 valence electrons. The van der Waals surface area contributed by atoms with Crippen molar-refractivity contribution in [3.63, 3.8) is 0 Å². The zero-order valence-corrected chi connectivity index (χ0v) is 18.3. The second kappa shape index (κ2) is 9.52. The van der Waals surface area contributed by atoms with Crippen molar-refractivity contribution in [1.29, 1.82) is 0 Å². The number of rotatable bonds is 9. The third kappa shape index (κ3) is 4.73. The predicted molar refractivity (Wildman–Crippen MR) is 123 cm³/mol. The molecule has 0 aliphatic heterocycles. The van der Waals surface area contributed by atoms with E-state index in [0.717, 1.165) is 16.7 Å². The van der Waals surface area contributed by atoms with Crippen molar-refractivity contribution in [1.82, 2.24) is 19.7 Å². The van der Waals surface area contributed by atoms with E-state index >= 15 is 0 Å². The molecule has 3 aromatic heterocycles. The Kier molecular flexibility index (Phi) is 6.37. The van der Waals surface area contributed by atoms with Crippen LogP contribution in [0.15, 0.2) is 54.9 Å². The van der Waals surface area contributed by atoms with Crippen LogP contribution in [0.5, 0.6) is 17.2 Å². The molecule has 0 aliphatic carbocycles. The first-order valence-electron chi connectivity index (χ1n) is 10.2. The maximum absolute atomic E-state index is 6.12. The second-order valence-corrected chi connectivity index (χ2v) is 7.38. The van der Waals surface area contributed by atoms with Gasteiger partial charge in [-0.05, 0) is 36.8 Å². The first kappa shape index (κ1) is 21.4. The molecular weight excluding hydrogens is 408 g/mol. The summed E-state index contributed by atoms with van der Waals surface area (Å²) in [6.07, 6.45) is 3.29. The molecule has 0 saturated carbocycles. The number of nitrogens with zero attached hydrogens (tertiary/aromatic N) is 4. The quantitative estimate of drug-likeness (QED) is 0.410. The van der Waals surface area contributed by atoms with Crippen LogP contribution >= 0.6 is 0 Å². The Morgan fingerprint density at radius 1 is 1.03 bits per heavy atom. The van der Waals surface area contributed by atoms with E-state index in [0.29, 0.717) is 41.9 Å². The first-order valence-corrected chi connectivity index (χ1v) is 10.2. The Hall–Kier alpha value is -3.85. The third-order valence-electron chi connectivity index (χ3n) is 4.87. The molecule has 9 nitrogen and oxygen atoms in total. The molecule has 9 heteroatoms. The van der Waals surface area contributed by atoms with Gasteiger partial charge in [0.2, 0.25) is 0 Å². The minimum absolute atomic E-state index is 0.0405. The van der Waals surface area contributed by atoms with E-state index in [9.17, 15) is 0 Å². The summed E-state index contributed by atoms with van der Waals surface area (Å²) in [5.41, 5.74) is 7.47. The number of nitrogen functional groups attached to an aromatic ring is 1. The molecule has 0 aliphatic rings. The van der Waals surface area contributed by atoms with Gasteiger partial charge in [-0.1, -0.05) is 12.1 Å². The van der Waals surface area contributed by atoms with Crippen molar-refractivity contribution in [3.8, 4) is 17.2 Å². The van der Waals surface area contributed by atoms with E-state index in [1.165, 1.54) is 0 Å². The van der Waals surface area contributed by atoms with Gasteiger partial charge in [-0.2, -0.15) is 5.10 Å². The zero-order valence-electron chi connectivity index (χ0n) is 18.3. The molecule has 1 aromatic carbocycles. The van der Waals surface area contributed by atoms with Crippen LogP contribution in [-0.4, -0.2) is 46.6 Å². The van der Waals surface area contributed by atoms with Gasteiger partial charge in [-0.3, -0.25) is 0 Å². The Bertz CT molecular complexity index is 1180. The van der Waals surface area contributed by atoms with Gasteiger partial charge in [0.15, 0.2) is 11.5 Å². The number of methoxy groups -OCH3 is 2. The minimum Gasteiger partial charge on any atom is -0.497 e. The largest absolute Gasteiger partial charge is 0.497 e. The molecule has 3 N–H and O–H groups in total. The van der Waals surface area contributed by atoms with Crippen molar-refractivity contribution < 1.29 is 14.2 Å². The summed E-state index contributed by atoms with van der Waals surface area (Å²) in [4.78, 5) is 8.69. The Labute approximate surface area is 186 Å². The Morgan fingerprint density at radius 3 is 2.50 bits per heavy atom. The highest BCUT2D eigenvalue weighted by molar-refractivity contribution is 5.93. The number of anilines is 2. The van der Waals surface area contributed by atoms with Gasteiger partial charge < -0.3 is 25.3 Å². The van der Waals surface area contributed by atoms with E-state index < -0.39 is 0 Å². The van der Waals surface area contributed by atoms with Gasteiger partial charge in [0.1, 0.15) is 28.5 Å². The van der Waals surface area contributed by atoms with Crippen molar-refractivity contribution in [2.75, 3.05) is 31.9 Å². The summed E-state index contributed by atoms with van der Waals surface area (Å²) in [7, 11) is 3.32. The lowest BCUT2D eigenvalue weighted by molar-refractivity contribution is 0.190. The lowest BCUT2D eigenvalue weighted by atomic mass is 10.2. The second-order valence-electron chi connectivity index (χ2n) is 7.38. The van der Waals surface area contributed by atoms with Gasteiger partial charge in [-0.25, -0.2) is 14.6 Å². The molecule has 0 amide bonds. The first-order chi connectivity index (χ1) is 15.6. The molecule has 1 atom stereocenters. The van der Waals surface area contributed by atoms with E-state index in [4.69, 9.17) is 25.0 Å². The molecular formula is C23H26N6O3. The maximum Gasteiger partial charge on any atom is 0.164 e. The molecule has 0 spiro atoms. The van der Waals surface area contributed by atoms with Crippen LogP contribution < -0.4 is 20.5 Å². The van der Waals surface area contributed by atoms with Crippen LogP contribution in [0.2, 0.25) is 0 Å². The highest BCUT2D eigenvalue weighted by Gasteiger charge is 2.19. The topological polar surface area (TPSA) is 109 Å². The van der Waals surface area contributed by atoms with Crippen LogP contribution in [0.25, 0.3) is 11.0 Å². The normalized spacial score (nSPS) is 12.0. The monoisotopic (exact) mass is 434 g/mol. The van der Waals surface area contributed by atoms with Gasteiger partial charge in [-0.15, -0.1) is 0 Å². The molecule has 4 aromatic rings. The predicted octanol–water partition coefficient (Wildman–Crippen LogP) is 3.70. The number of pyridine rings is 2. The van der Waals surface area contributed by atoms with Gasteiger partial charge in [0, 0.05) is 25.4 Å². The summed E-state index contributed by atoms with van der Waals surface area (Å²) < 4.78 is 18.5. The smallest absolute Gasteiger partial charge is 0.164 e. The van der Waals surface area contributed by atoms with E-state index in [-0.39, 0.29) is 6.04 Å². The number of benzene rings is 1. The van der Waals surface area contributed by atoms with Crippen LogP contribution in [-0.2, 0) is 11.3 Å². The van der Waals surface area contributed by atoms with Gasteiger partial charge in [0.05, 0.1) is 26.5 Å². The lowest BCUT2D eigenvalue weighted by Gasteiger charge is -2.13. The lowest BCUT2D eigenvalue weighted by Crippen LogP contribution is -2.21. The fourth-order valence-electron chi connectivity index (χ4n) is 3.37. The fraction of sp³-hybridized carbons (Fsp3) is 0.261. The number of hydrogen-bond donors (Lipinski definition) is 2. The van der Waals surface area contributed by atoms with Crippen molar-refractivity contribution in [3.05, 3.63) is 60.4 Å². The highest BCUT2D eigenvalue weighted by Crippen LogP contribution is 2.34. The standard InChI is InChI=1S/C23H26N6O3/c1-15(14-30-2)27-22-21-19(32-18-8-9-20(24)26-12-18)10-11-25-23(21)29(28-22)13-16-4-6-17(31-3)7-5-16/h4-12,15H,13-14H2,1-3H3,(H2,24,26)(H,27,28)/t15-/m1/s1. The van der Waals surface area contributed by atoms with E-state index in [1.54, 1.807) is 38.7 Å². The van der Waals surface area contributed by atoms with Crippen LogP contribution in [0.4, 0.5) is 11.6 Å². The molecule has 0 bridgehead atoms. The van der Waals surface area contributed by atoms with Crippen molar-refractivity contribution in [2.45, 2.75) is 19.5 Å². The average molecular weight is 435 g/mol. The van der Waals surface area contributed by atoms with E-state index in [1.807, 2.05) is 41.9 Å². The van der Waals surface area contributed by atoms with Gasteiger partial charge in [0.25, 0.3) is 0 Å². The van der Waals surface area contributed by atoms with Crippen LogP contribution in [0.3, 0.4) is 0 Å². The van der Waals surface area contributed by atoms with E-state index in [2.05, 4.69) is 15.3 Å². The fourth-order valence-corrected chi connectivity index (χ4v) is 3.37. The number of ether oxygens (including phenoxy) is 3. The molecule has 0 saturated heterocycles. The number of nitrogens with one attached hydrogen (secondary N) is 1. The van der Waals surface area contributed by atoms with Gasteiger partial charge >= 0.3 is 0 Å². The summed E-state index contributed by atoms with van der Waals surface area (Å²) in [5.74, 6) is 3.10. The number of aromatic nitrogens is 4. The number of hydrogen-bond acceptors (Lipinski definition) is 8. The molecule has 0 radical (unpaired) electrons. The number of fused-ring (bicyclic) bond motifs is 1. The summed E-state index contributed by atoms with van der Waals surface area (Å²) >= 11 is 0. The average Bonchev–Trinajstić information content (AvgIpc) is 3.14. The molecule has 4 rings (SSSR count). The van der Waals surface area contributed by atoms with Crippen LogP contribution in [0, 0.1) is 0 Å². The molecule has 3 heterocycles. The Balaban J connectivity index is 1.74. The Morgan fingerprint density at radius 2 is 1.81 bits per heavy atom. The molecule has 32 heavy (non-hydrogen) atoms. The zero-order chi connectivity index (χ0) is 22.5. The molecule has 0 fully saturated rings. The summed E-state index contributed by atoms with van der Waals surface area (Å²) in [6.45, 7) is 3.10. The third-order valence-corrected chi connectivity index (χ3v) is 4.87. The maximum atomic E-state index is 6.12. The van der Waals surface area contributed by atoms with Crippen molar-refractivity contribution in [2.24, 2.45) is 0 Å². The highest BCUT2D eigenvalue weighted by atomic mass is 16.5. The summed E-state index contributed by atoms with van der Waals surface area (Å²) in [6, 6.07) is 13.2. The van der Waals surface area contributed by atoms with Crippen molar-refractivity contribution >= 4 is 22.7 Å².